The molecule has 2 amide bonds. The second kappa shape index (κ2) is 12.3. The van der Waals surface area contributed by atoms with Gasteiger partial charge in [-0.1, -0.05) is 12.1 Å². The molecule has 4 N–H and O–H groups in total. The Kier molecular flexibility index (Phi) is 10.3. The molecule has 0 bridgehead atoms. The standard InChI is InChI=1S/C21H25AsBrClN3O6S/c1-21(2,3)33-19(29)22-11-6-12-25-34(31,32)18-14(24)9-10-16(17(18)28)27-20(30)26-15-8-5-4-7-13(15)23/h4-5,7-10,25,28H,6,11-12H2,1-3H3,(H2,26,27,30). The van der Waals surface area contributed by atoms with Crippen molar-refractivity contribution in [1.29, 1.82) is 0 Å². The molecular weight excluding hydrogens is 613 g/mol. The fourth-order valence-electron chi connectivity index (χ4n) is 2.56. The number of rotatable bonds is 9. The van der Waals surface area contributed by atoms with E-state index in [-0.39, 0.29) is 22.0 Å². The van der Waals surface area contributed by atoms with Gasteiger partial charge in [-0.05, 0) is 28.1 Å². The van der Waals surface area contributed by atoms with E-state index in [4.69, 9.17) is 16.3 Å². The van der Waals surface area contributed by atoms with Crippen molar-refractivity contribution in [3.63, 3.8) is 0 Å². The van der Waals surface area contributed by atoms with Crippen LogP contribution in [0.4, 0.5) is 21.0 Å². The first kappa shape index (κ1) is 28.5. The minimum atomic E-state index is -4.19. The molecule has 0 spiro atoms. The first-order valence-corrected chi connectivity index (χ1v) is 15.0. The van der Waals surface area contributed by atoms with Gasteiger partial charge in [0.05, 0.1) is 0 Å². The Morgan fingerprint density at radius 1 is 1.12 bits per heavy atom. The Balaban J connectivity index is 2.01. The van der Waals surface area contributed by atoms with Crippen LogP contribution >= 0.6 is 27.5 Å². The van der Waals surface area contributed by atoms with E-state index in [1.807, 2.05) is 0 Å². The molecule has 0 saturated carbocycles. The van der Waals surface area contributed by atoms with Gasteiger partial charge < -0.3 is 0 Å². The summed E-state index contributed by atoms with van der Waals surface area (Å²) in [5, 5.41) is 15.8. The van der Waals surface area contributed by atoms with Crippen LogP contribution in [-0.2, 0) is 14.8 Å². The second-order valence-corrected chi connectivity index (χ2v) is 13.3. The summed E-state index contributed by atoms with van der Waals surface area (Å²) >= 11 is 8.62. The average molecular weight is 638 g/mol. The van der Waals surface area contributed by atoms with Crippen LogP contribution in [0.25, 0.3) is 0 Å². The van der Waals surface area contributed by atoms with Crippen LogP contribution in [0.5, 0.6) is 5.75 Å². The average Bonchev–Trinajstić information content (AvgIpc) is 2.70. The molecule has 13 heteroatoms. The van der Waals surface area contributed by atoms with Gasteiger partial charge in [0.2, 0.25) is 0 Å². The molecule has 9 nitrogen and oxygen atoms in total. The van der Waals surface area contributed by atoms with Crippen molar-refractivity contribution in [3.05, 3.63) is 45.9 Å². The van der Waals surface area contributed by atoms with Gasteiger partial charge >= 0.3 is 175 Å². The van der Waals surface area contributed by atoms with Crippen LogP contribution in [0.1, 0.15) is 27.2 Å². The molecule has 0 aromatic heterocycles. The molecule has 0 aliphatic heterocycles. The zero-order valence-corrected chi connectivity index (χ0v) is 23.7. The molecule has 34 heavy (non-hydrogen) atoms. The number of benzene rings is 2. The molecule has 0 saturated heterocycles. The number of amides is 2. The Morgan fingerprint density at radius 3 is 2.41 bits per heavy atom. The van der Waals surface area contributed by atoms with E-state index in [1.54, 1.807) is 45.0 Å². The van der Waals surface area contributed by atoms with E-state index < -0.39 is 48.1 Å². The van der Waals surface area contributed by atoms with Gasteiger partial charge in [0.1, 0.15) is 0 Å². The van der Waals surface area contributed by atoms with E-state index in [9.17, 15) is 23.1 Å². The van der Waals surface area contributed by atoms with Gasteiger partial charge in [-0.15, -0.1) is 0 Å². The number of anilines is 2. The molecule has 185 valence electrons. The summed E-state index contributed by atoms with van der Waals surface area (Å²) in [4.78, 5) is 23.6. The zero-order chi connectivity index (χ0) is 25.5. The van der Waals surface area contributed by atoms with Crippen LogP contribution < -0.4 is 15.4 Å². The molecule has 2 rings (SSSR count). The number of phenols is 1. The third-order valence-corrected chi connectivity index (χ3v) is 8.50. The molecule has 0 aliphatic rings. The van der Waals surface area contributed by atoms with Crippen molar-refractivity contribution >= 4 is 75.5 Å². The second-order valence-electron chi connectivity index (χ2n) is 7.95. The van der Waals surface area contributed by atoms with Crippen LogP contribution in [-0.4, -0.2) is 52.2 Å². The Morgan fingerprint density at radius 2 is 1.76 bits per heavy atom. The van der Waals surface area contributed by atoms with Crippen LogP contribution in [0, 0.1) is 0 Å². The molecule has 0 unspecified atom stereocenters. The first-order valence-electron chi connectivity index (χ1n) is 10.0. The Labute approximate surface area is 218 Å². The number of nitrogens with one attached hydrogen (secondary N) is 3. The topological polar surface area (TPSA) is 134 Å². The quantitative estimate of drug-likeness (QED) is 0.170. The Hall–Kier alpha value is -1.78. The summed E-state index contributed by atoms with van der Waals surface area (Å²) < 4.78 is 33.5. The molecule has 2 aromatic rings. The number of hydrogen-bond acceptors (Lipinski definition) is 6. The first-order chi connectivity index (χ1) is 15.8. The molecule has 0 aliphatic carbocycles. The summed E-state index contributed by atoms with van der Waals surface area (Å²) in [6.07, 6.45) is 0.406. The van der Waals surface area contributed by atoms with E-state index >= 15 is 0 Å². The summed E-state index contributed by atoms with van der Waals surface area (Å²) in [7, 11) is -4.19. The third kappa shape index (κ3) is 8.78. The van der Waals surface area contributed by atoms with Gasteiger partial charge in [0.25, 0.3) is 0 Å². The van der Waals surface area contributed by atoms with Gasteiger partial charge in [0.15, 0.2) is 0 Å². The third-order valence-electron chi connectivity index (χ3n) is 3.98. The number of aromatic hydroxyl groups is 1. The maximum atomic E-state index is 12.8. The zero-order valence-electron chi connectivity index (χ0n) is 18.7. The van der Waals surface area contributed by atoms with Crippen molar-refractivity contribution in [3.8, 4) is 5.75 Å². The molecule has 1 radical (unpaired) electrons. The summed E-state index contributed by atoms with van der Waals surface area (Å²) in [5.74, 6) is -0.692. The predicted molar refractivity (Wildman–Crippen MR) is 137 cm³/mol. The van der Waals surface area contributed by atoms with E-state index in [0.717, 1.165) is 0 Å². The number of urea groups is 1. The fraction of sp³-hybridized carbons (Fsp3) is 0.333. The molecule has 0 atom stereocenters. The van der Waals surface area contributed by atoms with Gasteiger partial charge in [-0.25, -0.2) is 0 Å². The van der Waals surface area contributed by atoms with Crippen LogP contribution in [0.15, 0.2) is 45.8 Å². The summed E-state index contributed by atoms with van der Waals surface area (Å²) in [6.45, 7) is 5.38. The number of ether oxygens (including phenoxy) is 1. The predicted octanol–water partition coefficient (Wildman–Crippen LogP) is 5.18. The van der Waals surface area contributed by atoms with Crippen molar-refractivity contribution in [2.45, 2.75) is 42.9 Å². The monoisotopic (exact) mass is 636 g/mol. The van der Waals surface area contributed by atoms with Crippen LogP contribution in [0.2, 0.25) is 10.2 Å². The molecule has 0 heterocycles. The normalized spacial score (nSPS) is 12.0. The van der Waals surface area contributed by atoms with Gasteiger partial charge in [0, 0.05) is 4.47 Å². The van der Waals surface area contributed by atoms with Crippen molar-refractivity contribution in [2.24, 2.45) is 0 Å². The summed E-state index contributed by atoms with van der Waals surface area (Å²) in [5.41, 5.74) is -0.211. The van der Waals surface area contributed by atoms with E-state index in [1.165, 1.54) is 12.1 Å². The van der Waals surface area contributed by atoms with Crippen molar-refractivity contribution < 1.29 is 27.9 Å². The van der Waals surface area contributed by atoms with Crippen LogP contribution in [0.3, 0.4) is 0 Å². The number of carbonyl (C=O) groups excluding carboxylic acids is 2. The Bertz CT molecular complexity index is 1160. The number of sulfonamides is 1. The number of para-hydroxylation sites is 1. The fourth-order valence-corrected chi connectivity index (χ4v) is 6.41. The SMILES string of the molecule is CC(C)(C)OC(=O)[As]CCCNS(=O)(=O)c1c(Cl)ccc(NC(=O)Nc2ccccc2Br)c1O. The molecule has 2 aromatic carbocycles. The minimum absolute atomic E-state index is 0.0384. The molecule has 0 fully saturated rings. The molecular formula is C21H25AsBrClN3O6S. The van der Waals surface area contributed by atoms with Crippen molar-refractivity contribution in [1.82, 2.24) is 4.72 Å². The number of phenolic OH excluding ortho intramolecular Hbond substituents is 1. The number of halogens is 2. The van der Waals surface area contributed by atoms with Crippen molar-refractivity contribution in [2.75, 3.05) is 17.2 Å². The van der Waals surface area contributed by atoms with E-state index in [0.29, 0.717) is 21.8 Å². The van der Waals surface area contributed by atoms with Gasteiger partial charge in [-0.3, -0.25) is 0 Å². The van der Waals surface area contributed by atoms with Gasteiger partial charge in [-0.2, -0.15) is 0 Å². The number of hydrogen-bond donors (Lipinski definition) is 4. The summed E-state index contributed by atoms with van der Waals surface area (Å²) in [6, 6.07) is 8.77. The maximum absolute atomic E-state index is 12.8. The van der Waals surface area contributed by atoms with E-state index in [2.05, 4.69) is 31.3 Å². The number of carbonyl (C=O) groups is 2.